The second-order valence-electron chi connectivity index (χ2n) is 2.31. The van der Waals surface area contributed by atoms with Crippen molar-refractivity contribution >= 4 is 10.1 Å². The van der Waals surface area contributed by atoms with Crippen molar-refractivity contribution in [2.24, 2.45) is 0 Å². The first-order chi connectivity index (χ1) is 5.55. The van der Waals surface area contributed by atoms with Gasteiger partial charge in [0.2, 0.25) is 0 Å². The molecule has 0 spiro atoms. The SMILES string of the molecule is CCc1cnccc1S(=O)(=O)O. The molecule has 12 heavy (non-hydrogen) atoms. The Morgan fingerprint density at radius 1 is 1.58 bits per heavy atom. The standard InChI is InChI=1S/C7H9NO3S/c1-2-6-5-8-4-3-7(6)12(9,10)11/h3-5H,2H2,1H3,(H,9,10,11). The summed E-state index contributed by atoms with van der Waals surface area (Å²) in [6, 6.07) is 1.29. The highest BCUT2D eigenvalue weighted by molar-refractivity contribution is 7.85. The predicted octanol–water partition coefficient (Wildman–Crippen LogP) is 0.891. The minimum atomic E-state index is -4.09. The molecule has 0 fully saturated rings. The summed E-state index contributed by atoms with van der Waals surface area (Å²) >= 11 is 0. The lowest BCUT2D eigenvalue weighted by molar-refractivity contribution is 0.482. The van der Waals surface area contributed by atoms with Crippen LogP contribution in [0.5, 0.6) is 0 Å². The second kappa shape index (κ2) is 3.20. The van der Waals surface area contributed by atoms with Crippen LogP contribution in [0, 0.1) is 0 Å². The van der Waals surface area contributed by atoms with E-state index in [9.17, 15) is 8.42 Å². The van der Waals surface area contributed by atoms with E-state index in [0.717, 1.165) is 0 Å². The van der Waals surface area contributed by atoms with Gasteiger partial charge in [-0.25, -0.2) is 0 Å². The third-order valence-electron chi connectivity index (χ3n) is 1.52. The van der Waals surface area contributed by atoms with E-state index in [4.69, 9.17) is 4.55 Å². The van der Waals surface area contributed by atoms with Gasteiger partial charge in [-0.3, -0.25) is 9.54 Å². The van der Waals surface area contributed by atoms with E-state index < -0.39 is 10.1 Å². The van der Waals surface area contributed by atoms with E-state index in [2.05, 4.69) is 4.98 Å². The highest BCUT2D eigenvalue weighted by atomic mass is 32.2. The van der Waals surface area contributed by atoms with Crippen LogP contribution >= 0.6 is 0 Å². The highest BCUT2D eigenvalue weighted by Crippen LogP contribution is 2.13. The zero-order chi connectivity index (χ0) is 9.19. The van der Waals surface area contributed by atoms with E-state index in [1.54, 1.807) is 6.92 Å². The molecule has 0 aliphatic carbocycles. The molecular weight excluding hydrogens is 178 g/mol. The van der Waals surface area contributed by atoms with Crippen LogP contribution in [0.1, 0.15) is 12.5 Å². The minimum Gasteiger partial charge on any atom is -0.282 e. The smallest absolute Gasteiger partial charge is 0.282 e. The number of rotatable bonds is 2. The molecule has 1 heterocycles. The maximum Gasteiger partial charge on any atom is 0.294 e. The van der Waals surface area contributed by atoms with Crippen molar-refractivity contribution in [1.29, 1.82) is 0 Å². The predicted molar refractivity (Wildman–Crippen MR) is 43.4 cm³/mol. The molecule has 0 unspecified atom stereocenters. The molecule has 0 radical (unpaired) electrons. The van der Waals surface area contributed by atoms with Crippen molar-refractivity contribution in [2.75, 3.05) is 0 Å². The summed E-state index contributed by atoms with van der Waals surface area (Å²) in [7, 11) is -4.09. The average molecular weight is 187 g/mol. The van der Waals surface area contributed by atoms with Gasteiger partial charge in [-0.15, -0.1) is 0 Å². The zero-order valence-corrected chi connectivity index (χ0v) is 7.37. The molecule has 1 aromatic heterocycles. The second-order valence-corrected chi connectivity index (χ2v) is 3.70. The molecule has 1 aromatic rings. The van der Waals surface area contributed by atoms with Crippen LogP contribution in [0.25, 0.3) is 0 Å². The number of pyridine rings is 1. The normalized spacial score (nSPS) is 11.5. The van der Waals surface area contributed by atoms with E-state index in [0.29, 0.717) is 12.0 Å². The minimum absolute atomic E-state index is 0.0556. The number of hydrogen-bond acceptors (Lipinski definition) is 3. The van der Waals surface area contributed by atoms with E-state index in [-0.39, 0.29) is 4.90 Å². The molecule has 1 N–H and O–H groups in total. The van der Waals surface area contributed by atoms with Gasteiger partial charge in [-0.2, -0.15) is 8.42 Å². The largest absolute Gasteiger partial charge is 0.294 e. The highest BCUT2D eigenvalue weighted by Gasteiger charge is 2.12. The monoisotopic (exact) mass is 187 g/mol. The van der Waals surface area contributed by atoms with Crippen molar-refractivity contribution in [3.8, 4) is 0 Å². The van der Waals surface area contributed by atoms with Crippen molar-refractivity contribution in [3.05, 3.63) is 24.0 Å². The third-order valence-corrected chi connectivity index (χ3v) is 2.47. The Bertz CT molecular complexity index is 372. The quantitative estimate of drug-likeness (QED) is 0.698. The Labute approximate surface area is 71.0 Å². The van der Waals surface area contributed by atoms with Crippen LogP contribution < -0.4 is 0 Å². The maximum atomic E-state index is 10.7. The van der Waals surface area contributed by atoms with Gasteiger partial charge in [-0.1, -0.05) is 6.92 Å². The summed E-state index contributed by atoms with van der Waals surface area (Å²) in [5.74, 6) is 0. The molecule has 0 saturated heterocycles. The Balaban J connectivity index is 3.33. The fourth-order valence-corrected chi connectivity index (χ4v) is 1.69. The van der Waals surface area contributed by atoms with Crippen molar-refractivity contribution in [1.82, 2.24) is 4.98 Å². The average Bonchev–Trinajstić information content (AvgIpc) is 2.03. The first kappa shape index (κ1) is 9.15. The number of aryl methyl sites for hydroxylation is 1. The fraction of sp³-hybridized carbons (Fsp3) is 0.286. The van der Waals surface area contributed by atoms with Crippen molar-refractivity contribution in [2.45, 2.75) is 18.2 Å². The topological polar surface area (TPSA) is 67.3 Å². The van der Waals surface area contributed by atoms with Gasteiger partial charge < -0.3 is 0 Å². The third kappa shape index (κ3) is 1.80. The van der Waals surface area contributed by atoms with E-state index in [1.165, 1.54) is 18.5 Å². The van der Waals surface area contributed by atoms with Gasteiger partial charge in [0, 0.05) is 12.4 Å². The summed E-state index contributed by atoms with van der Waals surface area (Å²) in [5, 5.41) is 0. The van der Waals surface area contributed by atoms with Crippen LogP contribution in [0.3, 0.4) is 0 Å². The zero-order valence-electron chi connectivity index (χ0n) is 6.56. The molecule has 0 saturated carbocycles. The summed E-state index contributed by atoms with van der Waals surface area (Å²) in [5.41, 5.74) is 0.528. The summed E-state index contributed by atoms with van der Waals surface area (Å²) in [4.78, 5) is 3.70. The lowest BCUT2D eigenvalue weighted by atomic mass is 10.2. The maximum absolute atomic E-state index is 10.7. The van der Waals surface area contributed by atoms with Gasteiger partial charge in [0.25, 0.3) is 10.1 Å². The van der Waals surface area contributed by atoms with Crippen LogP contribution in [-0.4, -0.2) is 18.0 Å². The Hall–Kier alpha value is -0.940. The van der Waals surface area contributed by atoms with Gasteiger partial charge in [0.1, 0.15) is 4.90 Å². The molecule has 0 aliphatic rings. The molecule has 1 rings (SSSR count). The fourth-order valence-electron chi connectivity index (χ4n) is 0.932. The summed E-state index contributed by atoms with van der Waals surface area (Å²) in [6.45, 7) is 1.80. The lowest BCUT2D eigenvalue weighted by Gasteiger charge is -2.01. The van der Waals surface area contributed by atoms with Gasteiger partial charge >= 0.3 is 0 Å². The van der Waals surface area contributed by atoms with Gasteiger partial charge in [-0.05, 0) is 18.1 Å². The summed E-state index contributed by atoms with van der Waals surface area (Å²) in [6.07, 6.45) is 3.30. The summed E-state index contributed by atoms with van der Waals surface area (Å²) < 4.78 is 30.2. The molecule has 5 heteroatoms. The first-order valence-electron chi connectivity index (χ1n) is 3.46. The Morgan fingerprint density at radius 2 is 2.25 bits per heavy atom. The van der Waals surface area contributed by atoms with Crippen LogP contribution in [0.15, 0.2) is 23.4 Å². The molecule has 4 nitrogen and oxygen atoms in total. The molecular formula is C7H9NO3S. The van der Waals surface area contributed by atoms with Gasteiger partial charge in [0.05, 0.1) is 0 Å². The van der Waals surface area contributed by atoms with Crippen molar-refractivity contribution < 1.29 is 13.0 Å². The first-order valence-corrected chi connectivity index (χ1v) is 4.90. The van der Waals surface area contributed by atoms with Crippen LogP contribution in [-0.2, 0) is 16.5 Å². The Morgan fingerprint density at radius 3 is 2.67 bits per heavy atom. The van der Waals surface area contributed by atoms with Crippen molar-refractivity contribution in [3.63, 3.8) is 0 Å². The molecule has 0 aliphatic heterocycles. The van der Waals surface area contributed by atoms with E-state index in [1.807, 2.05) is 0 Å². The molecule has 0 aromatic carbocycles. The van der Waals surface area contributed by atoms with Crippen LogP contribution in [0.4, 0.5) is 0 Å². The van der Waals surface area contributed by atoms with E-state index >= 15 is 0 Å². The molecule has 0 bridgehead atoms. The number of nitrogens with zero attached hydrogens (tertiary/aromatic N) is 1. The lowest BCUT2D eigenvalue weighted by Crippen LogP contribution is -2.02. The molecule has 0 atom stereocenters. The van der Waals surface area contributed by atoms with Gasteiger partial charge in [0.15, 0.2) is 0 Å². The molecule has 66 valence electrons. The van der Waals surface area contributed by atoms with Crippen LogP contribution in [0.2, 0.25) is 0 Å². The Kier molecular flexibility index (Phi) is 2.44. The number of aromatic nitrogens is 1. The number of hydrogen-bond donors (Lipinski definition) is 1. The molecule has 0 amide bonds.